The topological polar surface area (TPSA) is 28.2 Å². The van der Waals surface area contributed by atoms with Crippen molar-refractivity contribution in [3.05, 3.63) is 16.6 Å². The lowest BCUT2D eigenvalue weighted by Gasteiger charge is -2.30. The second-order valence-electron chi connectivity index (χ2n) is 4.77. The molecule has 2 rings (SSSR count). The van der Waals surface area contributed by atoms with Crippen LogP contribution in [0.4, 0.5) is 0 Å². The molecule has 16 heavy (non-hydrogen) atoms. The second kappa shape index (κ2) is 5.75. The van der Waals surface area contributed by atoms with Gasteiger partial charge < -0.3 is 10.2 Å². The van der Waals surface area contributed by atoms with Crippen LogP contribution in [0.5, 0.6) is 0 Å². The molecular formula is C12H21N3S. The first-order chi connectivity index (χ1) is 7.75. The van der Waals surface area contributed by atoms with Crippen molar-refractivity contribution in [3.8, 4) is 0 Å². The van der Waals surface area contributed by atoms with Gasteiger partial charge in [-0.1, -0.05) is 0 Å². The number of rotatable bonds is 4. The molecule has 0 spiro atoms. The third-order valence-corrected chi connectivity index (χ3v) is 4.21. The summed E-state index contributed by atoms with van der Waals surface area (Å²) < 4.78 is 0. The molecule has 3 nitrogen and oxygen atoms in total. The van der Waals surface area contributed by atoms with Crippen molar-refractivity contribution in [1.82, 2.24) is 15.2 Å². The Morgan fingerprint density at radius 1 is 1.69 bits per heavy atom. The third kappa shape index (κ3) is 3.27. The Balaban J connectivity index is 1.74. The van der Waals surface area contributed by atoms with Gasteiger partial charge in [0.15, 0.2) is 0 Å². The fourth-order valence-corrected chi connectivity index (χ4v) is 2.99. The van der Waals surface area contributed by atoms with Gasteiger partial charge in [0.25, 0.3) is 0 Å². The van der Waals surface area contributed by atoms with Crippen molar-refractivity contribution in [2.45, 2.75) is 25.8 Å². The van der Waals surface area contributed by atoms with Crippen molar-refractivity contribution in [3.63, 3.8) is 0 Å². The van der Waals surface area contributed by atoms with Gasteiger partial charge in [0, 0.05) is 18.1 Å². The summed E-state index contributed by atoms with van der Waals surface area (Å²) in [5.41, 5.74) is 0. The lowest BCUT2D eigenvalue weighted by molar-refractivity contribution is 0.203. The molecule has 0 radical (unpaired) electrons. The largest absolute Gasteiger partial charge is 0.308 e. The van der Waals surface area contributed by atoms with Crippen molar-refractivity contribution < 1.29 is 0 Å². The van der Waals surface area contributed by atoms with Crippen LogP contribution in [0, 0.1) is 5.92 Å². The molecule has 0 aromatic carbocycles. The first-order valence-electron chi connectivity index (χ1n) is 6.07. The minimum atomic E-state index is 0.396. The molecule has 0 amide bonds. The predicted molar refractivity (Wildman–Crippen MR) is 68.8 cm³/mol. The van der Waals surface area contributed by atoms with Crippen LogP contribution in [0.2, 0.25) is 0 Å². The molecular weight excluding hydrogens is 218 g/mol. The molecule has 0 saturated carbocycles. The predicted octanol–water partition coefficient (Wildman–Crippen LogP) is 2.14. The Labute approximate surface area is 102 Å². The van der Waals surface area contributed by atoms with E-state index in [9.17, 15) is 0 Å². The maximum Gasteiger partial charge on any atom is 0.109 e. The molecule has 2 atom stereocenters. The average Bonchev–Trinajstić information content (AvgIpc) is 2.79. The fraction of sp³-hybridized carbons (Fsp3) is 0.750. The van der Waals surface area contributed by atoms with Crippen molar-refractivity contribution >= 4 is 11.3 Å². The Kier molecular flexibility index (Phi) is 4.32. The summed E-state index contributed by atoms with van der Waals surface area (Å²) in [7, 11) is 2.22. The Bertz CT molecular complexity index is 299. The number of piperidine rings is 1. The van der Waals surface area contributed by atoms with Crippen molar-refractivity contribution in [2.75, 3.05) is 26.7 Å². The first kappa shape index (κ1) is 12.0. The van der Waals surface area contributed by atoms with E-state index >= 15 is 0 Å². The molecule has 2 unspecified atom stereocenters. The average molecular weight is 239 g/mol. The van der Waals surface area contributed by atoms with Gasteiger partial charge in [0.1, 0.15) is 5.01 Å². The molecule has 90 valence electrons. The number of nitrogens with one attached hydrogen (secondary N) is 1. The summed E-state index contributed by atoms with van der Waals surface area (Å²) in [5.74, 6) is 0.807. The minimum Gasteiger partial charge on any atom is -0.308 e. The molecule has 1 saturated heterocycles. The molecule has 1 aliphatic heterocycles. The highest BCUT2D eigenvalue weighted by atomic mass is 32.1. The molecule has 1 aromatic rings. The summed E-state index contributed by atoms with van der Waals surface area (Å²) in [6.07, 6.45) is 4.59. The van der Waals surface area contributed by atoms with Gasteiger partial charge in [-0.25, -0.2) is 4.98 Å². The number of hydrogen-bond donors (Lipinski definition) is 1. The van der Waals surface area contributed by atoms with Crippen LogP contribution < -0.4 is 5.32 Å². The molecule has 1 N–H and O–H groups in total. The first-order valence-corrected chi connectivity index (χ1v) is 6.95. The number of nitrogens with zero attached hydrogens (tertiary/aromatic N) is 2. The van der Waals surface area contributed by atoms with Crippen LogP contribution in [0.15, 0.2) is 11.6 Å². The summed E-state index contributed by atoms with van der Waals surface area (Å²) in [6, 6.07) is 0.396. The molecule has 1 aromatic heterocycles. The number of likely N-dealkylation sites (tertiary alicyclic amines) is 1. The van der Waals surface area contributed by atoms with Gasteiger partial charge in [-0.15, -0.1) is 11.3 Å². The highest BCUT2D eigenvalue weighted by Gasteiger charge is 2.18. The van der Waals surface area contributed by atoms with E-state index in [2.05, 4.69) is 29.2 Å². The molecule has 0 bridgehead atoms. The monoisotopic (exact) mass is 239 g/mol. The van der Waals surface area contributed by atoms with E-state index in [1.54, 1.807) is 11.3 Å². The van der Waals surface area contributed by atoms with Crippen molar-refractivity contribution in [2.24, 2.45) is 5.92 Å². The summed E-state index contributed by atoms with van der Waals surface area (Å²) in [4.78, 5) is 6.77. The van der Waals surface area contributed by atoms with E-state index in [0.717, 1.165) is 12.5 Å². The lowest BCUT2D eigenvalue weighted by atomic mass is 9.98. The zero-order valence-corrected chi connectivity index (χ0v) is 11.0. The van der Waals surface area contributed by atoms with E-state index in [0.29, 0.717) is 6.04 Å². The van der Waals surface area contributed by atoms with Gasteiger partial charge in [0.2, 0.25) is 0 Å². The van der Waals surface area contributed by atoms with Gasteiger partial charge >= 0.3 is 0 Å². The van der Waals surface area contributed by atoms with E-state index in [1.165, 1.54) is 30.9 Å². The van der Waals surface area contributed by atoms with Crippen molar-refractivity contribution in [1.29, 1.82) is 0 Å². The van der Waals surface area contributed by atoms with Crippen LogP contribution in [-0.4, -0.2) is 36.6 Å². The van der Waals surface area contributed by atoms with Crippen LogP contribution >= 0.6 is 11.3 Å². The molecule has 1 fully saturated rings. The SMILES string of the molecule is CC(NCC1CCCN(C)C1)c1nccs1. The van der Waals surface area contributed by atoms with Crippen LogP contribution in [0.3, 0.4) is 0 Å². The van der Waals surface area contributed by atoms with E-state index in [4.69, 9.17) is 0 Å². The van der Waals surface area contributed by atoms with Gasteiger partial charge in [-0.3, -0.25) is 0 Å². The number of aromatic nitrogens is 1. The summed E-state index contributed by atoms with van der Waals surface area (Å²) in [6.45, 7) is 5.81. The quantitative estimate of drug-likeness (QED) is 0.872. The van der Waals surface area contributed by atoms with Gasteiger partial charge in [-0.2, -0.15) is 0 Å². The zero-order valence-electron chi connectivity index (χ0n) is 10.1. The normalized spacial score (nSPS) is 24.5. The Hall–Kier alpha value is -0.450. The lowest BCUT2D eigenvalue weighted by Crippen LogP contribution is -2.37. The maximum absolute atomic E-state index is 4.34. The third-order valence-electron chi connectivity index (χ3n) is 3.26. The van der Waals surface area contributed by atoms with Gasteiger partial charge in [0.05, 0.1) is 6.04 Å². The van der Waals surface area contributed by atoms with Gasteiger partial charge in [-0.05, 0) is 45.8 Å². The molecule has 2 heterocycles. The van der Waals surface area contributed by atoms with Crippen LogP contribution in [-0.2, 0) is 0 Å². The Morgan fingerprint density at radius 2 is 2.56 bits per heavy atom. The number of hydrogen-bond acceptors (Lipinski definition) is 4. The smallest absolute Gasteiger partial charge is 0.109 e. The number of thiazole rings is 1. The zero-order chi connectivity index (χ0) is 11.4. The summed E-state index contributed by atoms with van der Waals surface area (Å²) in [5, 5.41) is 6.84. The highest BCUT2D eigenvalue weighted by molar-refractivity contribution is 7.09. The maximum atomic E-state index is 4.34. The second-order valence-corrected chi connectivity index (χ2v) is 5.70. The molecule has 0 aliphatic carbocycles. The van der Waals surface area contributed by atoms with E-state index < -0.39 is 0 Å². The molecule has 4 heteroatoms. The fourth-order valence-electron chi connectivity index (χ4n) is 2.32. The van der Waals surface area contributed by atoms with E-state index in [-0.39, 0.29) is 0 Å². The minimum absolute atomic E-state index is 0.396. The van der Waals surface area contributed by atoms with E-state index in [1.807, 2.05) is 11.6 Å². The Morgan fingerprint density at radius 3 is 3.25 bits per heavy atom. The van der Waals surface area contributed by atoms with Crippen LogP contribution in [0.1, 0.15) is 30.8 Å². The summed E-state index contributed by atoms with van der Waals surface area (Å²) >= 11 is 1.73. The molecule has 1 aliphatic rings. The highest BCUT2D eigenvalue weighted by Crippen LogP contribution is 2.18. The van der Waals surface area contributed by atoms with Crippen LogP contribution in [0.25, 0.3) is 0 Å². The standard InChI is InChI=1S/C12H21N3S/c1-10(12-13-5-7-16-12)14-8-11-4-3-6-15(2)9-11/h5,7,10-11,14H,3-4,6,8-9H2,1-2H3.